The van der Waals surface area contributed by atoms with Gasteiger partial charge in [-0.3, -0.25) is 9.59 Å². The van der Waals surface area contributed by atoms with Gasteiger partial charge in [-0.1, -0.05) is 6.92 Å². The van der Waals surface area contributed by atoms with Crippen molar-refractivity contribution >= 4 is 11.8 Å². The fraction of sp³-hybridized carbons (Fsp3) is 0.714. The Morgan fingerprint density at radius 1 is 1.55 bits per heavy atom. The smallest absolute Gasteiger partial charge is 0.306 e. The predicted octanol–water partition coefficient (Wildman–Crippen LogP) is 0.313. The van der Waals surface area contributed by atoms with Gasteiger partial charge in [0.25, 0.3) is 0 Å². The highest BCUT2D eigenvalue weighted by Gasteiger charge is 2.14. The van der Waals surface area contributed by atoms with Crippen molar-refractivity contribution in [3.63, 3.8) is 0 Å². The number of rotatable bonds is 5. The van der Waals surface area contributed by atoms with Gasteiger partial charge in [-0.05, 0) is 0 Å². The van der Waals surface area contributed by atoms with Crippen LogP contribution in [0.5, 0.6) is 0 Å². The van der Waals surface area contributed by atoms with Crippen LogP contribution in [0, 0.1) is 5.92 Å². The molecule has 1 atom stereocenters. The van der Waals surface area contributed by atoms with Crippen LogP contribution in [-0.4, -0.2) is 30.6 Å². The lowest BCUT2D eigenvalue weighted by molar-refractivity contribution is -0.143. The van der Waals surface area contributed by atoms with Crippen LogP contribution in [0.15, 0.2) is 0 Å². The molecule has 0 saturated heterocycles. The Hall–Kier alpha value is -0.900. The molecule has 0 aliphatic heterocycles. The van der Waals surface area contributed by atoms with Gasteiger partial charge < -0.3 is 9.84 Å². The summed E-state index contributed by atoms with van der Waals surface area (Å²) in [6.07, 6.45) is 0.0448. The van der Waals surface area contributed by atoms with Crippen LogP contribution in [-0.2, 0) is 14.3 Å². The van der Waals surface area contributed by atoms with Crippen molar-refractivity contribution < 1.29 is 19.4 Å². The monoisotopic (exact) mass is 160 g/mol. The number of carboxylic acid groups (broad SMARTS) is 1. The lowest BCUT2D eigenvalue weighted by Gasteiger charge is -2.03. The van der Waals surface area contributed by atoms with Gasteiger partial charge in [-0.2, -0.15) is 0 Å². The molecule has 64 valence electrons. The molecule has 0 bridgehead atoms. The molecule has 0 fully saturated rings. The number of carbonyl (C=O) groups is 2. The van der Waals surface area contributed by atoms with Gasteiger partial charge in [0.05, 0.1) is 5.92 Å². The number of hydrogen-bond donors (Lipinski definition) is 1. The standard InChI is InChI=1S/C7H12O4/c1-5(7(9)10)3-6(8)4-11-2/h5H,3-4H2,1-2H3,(H,9,10). The van der Waals surface area contributed by atoms with E-state index in [1.165, 1.54) is 14.0 Å². The van der Waals surface area contributed by atoms with E-state index in [-0.39, 0.29) is 18.8 Å². The summed E-state index contributed by atoms with van der Waals surface area (Å²) in [5, 5.41) is 8.41. The first-order chi connectivity index (χ1) is 5.07. The van der Waals surface area contributed by atoms with Gasteiger partial charge in [0, 0.05) is 13.5 Å². The van der Waals surface area contributed by atoms with Crippen LogP contribution < -0.4 is 0 Å². The van der Waals surface area contributed by atoms with E-state index in [0.29, 0.717) is 0 Å². The molecule has 0 aromatic heterocycles. The maximum atomic E-state index is 10.8. The third kappa shape index (κ3) is 4.50. The number of Topliss-reactive ketones (excluding diaryl/α,β-unsaturated/α-hetero) is 1. The number of carbonyl (C=O) groups excluding carboxylic acids is 1. The van der Waals surface area contributed by atoms with E-state index in [4.69, 9.17) is 5.11 Å². The molecule has 0 spiro atoms. The van der Waals surface area contributed by atoms with E-state index in [1.807, 2.05) is 0 Å². The number of hydrogen-bond acceptors (Lipinski definition) is 3. The van der Waals surface area contributed by atoms with Crippen molar-refractivity contribution in [1.82, 2.24) is 0 Å². The number of ether oxygens (including phenoxy) is 1. The fourth-order valence-electron chi connectivity index (χ4n) is 0.649. The first kappa shape index (κ1) is 10.1. The molecule has 1 N–H and O–H groups in total. The van der Waals surface area contributed by atoms with Crippen LogP contribution >= 0.6 is 0 Å². The first-order valence-corrected chi connectivity index (χ1v) is 3.31. The minimum Gasteiger partial charge on any atom is -0.481 e. The maximum absolute atomic E-state index is 10.8. The van der Waals surface area contributed by atoms with Gasteiger partial charge in [-0.15, -0.1) is 0 Å². The lowest BCUT2D eigenvalue weighted by atomic mass is 10.1. The molecule has 4 heteroatoms. The average Bonchev–Trinajstić information content (AvgIpc) is 1.87. The van der Waals surface area contributed by atoms with Gasteiger partial charge in [0.1, 0.15) is 6.61 Å². The highest BCUT2D eigenvalue weighted by Crippen LogP contribution is 2.01. The van der Waals surface area contributed by atoms with E-state index >= 15 is 0 Å². The molecule has 0 aliphatic rings. The molecule has 0 saturated carbocycles. The van der Waals surface area contributed by atoms with E-state index < -0.39 is 11.9 Å². The van der Waals surface area contributed by atoms with Crippen LogP contribution in [0.4, 0.5) is 0 Å². The topological polar surface area (TPSA) is 63.6 Å². The normalized spacial score (nSPS) is 12.5. The Morgan fingerprint density at radius 2 is 2.09 bits per heavy atom. The van der Waals surface area contributed by atoms with Crippen molar-refractivity contribution in [2.45, 2.75) is 13.3 Å². The Bertz CT molecular complexity index is 153. The first-order valence-electron chi connectivity index (χ1n) is 3.31. The zero-order valence-electron chi connectivity index (χ0n) is 6.66. The van der Waals surface area contributed by atoms with Gasteiger partial charge in [-0.25, -0.2) is 0 Å². The van der Waals surface area contributed by atoms with E-state index in [0.717, 1.165) is 0 Å². The third-order valence-corrected chi connectivity index (χ3v) is 1.26. The Morgan fingerprint density at radius 3 is 2.45 bits per heavy atom. The average molecular weight is 160 g/mol. The summed E-state index contributed by atoms with van der Waals surface area (Å²) in [6, 6.07) is 0. The number of methoxy groups -OCH3 is 1. The number of ketones is 1. The van der Waals surface area contributed by atoms with Gasteiger partial charge >= 0.3 is 5.97 Å². The summed E-state index contributed by atoms with van der Waals surface area (Å²) in [6.45, 7) is 1.49. The second-order valence-electron chi connectivity index (χ2n) is 2.42. The van der Waals surface area contributed by atoms with Crippen molar-refractivity contribution in [3.8, 4) is 0 Å². The molecule has 11 heavy (non-hydrogen) atoms. The molecule has 4 nitrogen and oxygen atoms in total. The quantitative estimate of drug-likeness (QED) is 0.628. The van der Waals surface area contributed by atoms with Crippen LogP contribution in [0.25, 0.3) is 0 Å². The largest absolute Gasteiger partial charge is 0.481 e. The lowest BCUT2D eigenvalue weighted by Crippen LogP contribution is -2.17. The second-order valence-corrected chi connectivity index (χ2v) is 2.42. The molecule has 0 heterocycles. The zero-order valence-corrected chi connectivity index (χ0v) is 6.66. The van der Waals surface area contributed by atoms with Gasteiger partial charge in [0.15, 0.2) is 5.78 Å². The van der Waals surface area contributed by atoms with E-state index in [1.54, 1.807) is 0 Å². The fourth-order valence-corrected chi connectivity index (χ4v) is 0.649. The maximum Gasteiger partial charge on any atom is 0.306 e. The summed E-state index contributed by atoms with van der Waals surface area (Å²) in [5.41, 5.74) is 0. The minimum atomic E-state index is -0.950. The molecule has 0 amide bonds. The Balaban J connectivity index is 3.66. The molecule has 0 rings (SSSR count). The third-order valence-electron chi connectivity index (χ3n) is 1.26. The van der Waals surface area contributed by atoms with Crippen LogP contribution in [0.3, 0.4) is 0 Å². The van der Waals surface area contributed by atoms with Crippen LogP contribution in [0.1, 0.15) is 13.3 Å². The Labute approximate surface area is 65.2 Å². The Kier molecular flexibility index (Phi) is 4.45. The minimum absolute atomic E-state index is 0.00236. The molecule has 0 aliphatic carbocycles. The zero-order chi connectivity index (χ0) is 8.85. The SMILES string of the molecule is COCC(=O)CC(C)C(=O)O. The molecular formula is C7H12O4. The highest BCUT2D eigenvalue weighted by molar-refractivity contribution is 5.84. The van der Waals surface area contributed by atoms with Crippen molar-refractivity contribution in [3.05, 3.63) is 0 Å². The van der Waals surface area contributed by atoms with E-state index in [2.05, 4.69) is 4.74 Å². The van der Waals surface area contributed by atoms with E-state index in [9.17, 15) is 9.59 Å². The van der Waals surface area contributed by atoms with Crippen molar-refractivity contribution in [2.75, 3.05) is 13.7 Å². The van der Waals surface area contributed by atoms with Gasteiger partial charge in [0.2, 0.25) is 0 Å². The van der Waals surface area contributed by atoms with Crippen molar-refractivity contribution in [1.29, 1.82) is 0 Å². The number of carboxylic acids is 1. The predicted molar refractivity (Wildman–Crippen MR) is 38.3 cm³/mol. The molecule has 1 unspecified atom stereocenters. The molecule has 0 aromatic rings. The molecule has 0 radical (unpaired) electrons. The summed E-state index contributed by atoms with van der Waals surface area (Å²) >= 11 is 0. The molecular weight excluding hydrogens is 148 g/mol. The number of aliphatic carboxylic acids is 1. The highest BCUT2D eigenvalue weighted by atomic mass is 16.5. The van der Waals surface area contributed by atoms with Crippen LogP contribution in [0.2, 0.25) is 0 Å². The summed E-state index contributed by atoms with van der Waals surface area (Å²) in [5.74, 6) is -1.74. The summed E-state index contributed by atoms with van der Waals surface area (Å²) < 4.78 is 4.54. The summed E-state index contributed by atoms with van der Waals surface area (Å²) in [4.78, 5) is 21.0. The van der Waals surface area contributed by atoms with Crippen molar-refractivity contribution in [2.24, 2.45) is 5.92 Å². The summed E-state index contributed by atoms with van der Waals surface area (Å²) in [7, 11) is 1.41. The second kappa shape index (κ2) is 4.85. The molecule has 0 aromatic carbocycles.